The van der Waals surface area contributed by atoms with E-state index in [1.165, 1.54) is 7.58 Å². The second-order valence-electron chi connectivity index (χ2n) is 2.88. The van der Waals surface area contributed by atoms with Gasteiger partial charge in [0, 0.05) is 15.6 Å². The van der Waals surface area contributed by atoms with Crippen LogP contribution >= 0.6 is 33.9 Å². The van der Waals surface area contributed by atoms with Gasteiger partial charge in [0.2, 0.25) is 0 Å². The summed E-state index contributed by atoms with van der Waals surface area (Å²) >= 11 is 4.02. The highest BCUT2D eigenvalue weighted by atomic mass is 127. The third-order valence-corrected chi connectivity index (χ3v) is 3.94. The molecule has 0 aliphatic heterocycles. The number of ether oxygens (including phenoxy) is 1. The molecule has 0 aliphatic rings. The van der Waals surface area contributed by atoms with Crippen LogP contribution in [0.2, 0.25) is 0 Å². The highest BCUT2D eigenvalue weighted by Crippen LogP contribution is 2.35. The quantitative estimate of drug-likeness (QED) is 0.862. The lowest BCUT2D eigenvalue weighted by Crippen LogP contribution is -1.91. The molecule has 0 saturated heterocycles. The topological polar surface area (TPSA) is 29.5 Å². The Balaban J connectivity index is 2.75. The molecule has 1 aromatic heterocycles. The first-order valence-corrected chi connectivity index (χ1v) is 6.01. The summed E-state index contributed by atoms with van der Waals surface area (Å²) in [5.74, 6) is 0.796. The van der Waals surface area contributed by atoms with Crippen LogP contribution in [0.4, 0.5) is 0 Å². The first kappa shape index (κ1) is 10.2. The number of fused-ring (bicyclic) bond motifs is 1. The Labute approximate surface area is 99.7 Å². The van der Waals surface area contributed by atoms with Crippen molar-refractivity contribution in [1.82, 2.24) is 0 Å². The zero-order chi connectivity index (χ0) is 10.1. The predicted octanol–water partition coefficient (Wildman–Crippen LogP) is 3.01. The summed E-state index contributed by atoms with van der Waals surface area (Å²) in [7, 11) is 1.64. The fourth-order valence-corrected chi connectivity index (χ4v) is 3.27. The van der Waals surface area contributed by atoms with Gasteiger partial charge in [0.1, 0.15) is 5.75 Å². The van der Waals surface area contributed by atoms with E-state index in [1.807, 2.05) is 12.1 Å². The molecule has 14 heavy (non-hydrogen) atoms. The van der Waals surface area contributed by atoms with E-state index in [1.54, 1.807) is 18.4 Å². The van der Waals surface area contributed by atoms with Crippen LogP contribution in [0.5, 0.6) is 5.75 Å². The second-order valence-corrected chi connectivity index (χ2v) is 5.86. The highest BCUT2D eigenvalue weighted by Gasteiger charge is 2.09. The molecule has 2 rings (SSSR count). The molecule has 2 nitrogen and oxygen atoms in total. The van der Waals surface area contributed by atoms with Gasteiger partial charge in [-0.05, 0) is 34.7 Å². The molecule has 0 fully saturated rings. The Morgan fingerprint density at radius 3 is 2.93 bits per heavy atom. The van der Waals surface area contributed by atoms with E-state index < -0.39 is 0 Å². The van der Waals surface area contributed by atoms with E-state index in [-0.39, 0.29) is 6.61 Å². The van der Waals surface area contributed by atoms with Crippen LogP contribution in [0, 0.1) is 2.88 Å². The van der Waals surface area contributed by atoms with Crippen molar-refractivity contribution in [3.8, 4) is 5.75 Å². The Morgan fingerprint density at radius 1 is 1.50 bits per heavy atom. The molecule has 74 valence electrons. The number of methoxy groups -OCH3 is 1. The monoisotopic (exact) mass is 320 g/mol. The lowest BCUT2D eigenvalue weighted by atomic mass is 10.1. The number of hydrogen-bond acceptors (Lipinski definition) is 3. The first-order valence-electron chi connectivity index (χ1n) is 4.12. The number of aliphatic hydroxyl groups excluding tert-OH is 1. The minimum atomic E-state index is 0.0194. The van der Waals surface area contributed by atoms with E-state index in [0.29, 0.717) is 0 Å². The molecule has 4 heteroatoms. The number of halogens is 1. The fraction of sp³-hybridized carbons (Fsp3) is 0.200. The standard InChI is InChI=1S/C10H9IO2S/c1-13-10-6(5-12)2-3-8-7(10)4-9(11)14-8/h2-4,12H,5H2,1H3. The average molecular weight is 320 g/mol. The molecule has 0 bridgehead atoms. The third-order valence-electron chi connectivity index (χ3n) is 2.08. The summed E-state index contributed by atoms with van der Waals surface area (Å²) in [5, 5.41) is 10.2. The molecule has 1 aromatic carbocycles. The minimum Gasteiger partial charge on any atom is -0.496 e. The summed E-state index contributed by atoms with van der Waals surface area (Å²) in [6.07, 6.45) is 0. The SMILES string of the molecule is COc1c(CO)ccc2sc(I)cc12. The molecule has 0 radical (unpaired) electrons. The molecular weight excluding hydrogens is 311 g/mol. The molecule has 0 unspecified atom stereocenters. The fourth-order valence-electron chi connectivity index (χ4n) is 1.47. The number of hydrogen-bond donors (Lipinski definition) is 1. The first-order chi connectivity index (χ1) is 6.76. The van der Waals surface area contributed by atoms with Crippen LogP contribution in [0.3, 0.4) is 0 Å². The number of rotatable bonds is 2. The second kappa shape index (κ2) is 4.04. The summed E-state index contributed by atoms with van der Waals surface area (Å²) in [4.78, 5) is 0. The lowest BCUT2D eigenvalue weighted by molar-refractivity contribution is 0.274. The van der Waals surface area contributed by atoms with E-state index in [2.05, 4.69) is 28.7 Å². The lowest BCUT2D eigenvalue weighted by Gasteiger charge is -2.06. The van der Waals surface area contributed by atoms with Crippen molar-refractivity contribution in [2.75, 3.05) is 7.11 Å². The average Bonchev–Trinajstić information content (AvgIpc) is 2.56. The van der Waals surface area contributed by atoms with Crippen molar-refractivity contribution in [2.24, 2.45) is 0 Å². The van der Waals surface area contributed by atoms with Gasteiger partial charge in [0.05, 0.1) is 16.6 Å². The molecule has 0 atom stereocenters. The third kappa shape index (κ3) is 1.62. The normalized spacial score (nSPS) is 10.8. The van der Waals surface area contributed by atoms with Crippen LogP contribution in [0.25, 0.3) is 10.1 Å². The van der Waals surface area contributed by atoms with Crippen molar-refractivity contribution in [2.45, 2.75) is 6.61 Å². The van der Waals surface area contributed by atoms with Crippen LogP contribution in [0.15, 0.2) is 18.2 Å². The van der Waals surface area contributed by atoms with Gasteiger partial charge in [-0.3, -0.25) is 0 Å². The smallest absolute Gasteiger partial charge is 0.133 e. The van der Waals surface area contributed by atoms with Crippen LogP contribution in [-0.4, -0.2) is 12.2 Å². The molecule has 0 aliphatic carbocycles. The highest BCUT2D eigenvalue weighted by molar-refractivity contribution is 14.1. The molecule has 0 saturated carbocycles. The zero-order valence-electron chi connectivity index (χ0n) is 7.58. The van der Waals surface area contributed by atoms with Crippen LogP contribution < -0.4 is 4.74 Å². The minimum absolute atomic E-state index is 0.0194. The summed E-state index contributed by atoms with van der Waals surface area (Å²) < 4.78 is 7.73. The Bertz CT molecular complexity index is 464. The Morgan fingerprint density at radius 2 is 2.29 bits per heavy atom. The van der Waals surface area contributed by atoms with Crippen LogP contribution in [0.1, 0.15) is 5.56 Å². The molecule has 1 N–H and O–H groups in total. The van der Waals surface area contributed by atoms with Gasteiger partial charge in [-0.25, -0.2) is 0 Å². The maximum absolute atomic E-state index is 9.14. The molecular formula is C10H9IO2S. The predicted molar refractivity (Wildman–Crippen MR) is 67.0 cm³/mol. The van der Waals surface area contributed by atoms with Gasteiger partial charge >= 0.3 is 0 Å². The van der Waals surface area contributed by atoms with E-state index in [9.17, 15) is 0 Å². The van der Waals surface area contributed by atoms with Gasteiger partial charge in [-0.15, -0.1) is 11.3 Å². The largest absolute Gasteiger partial charge is 0.496 e. The van der Waals surface area contributed by atoms with Gasteiger partial charge in [-0.2, -0.15) is 0 Å². The maximum Gasteiger partial charge on any atom is 0.133 e. The number of thiophene rings is 1. The molecule has 1 heterocycles. The van der Waals surface area contributed by atoms with Crippen molar-refractivity contribution in [3.63, 3.8) is 0 Å². The van der Waals surface area contributed by atoms with Crippen molar-refractivity contribution < 1.29 is 9.84 Å². The summed E-state index contributed by atoms with van der Waals surface area (Å²) in [6, 6.07) is 6.02. The van der Waals surface area contributed by atoms with Crippen molar-refractivity contribution in [3.05, 3.63) is 26.6 Å². The van der Waals surface area contributed by atoms with Gasteiger partial charge in [-0.1, -0.05) is 6.07 Å². The number of benzene rings is 1. The van der Waals surface area contributed by atoms with Crippen molar-refractivity contribution in [1.29, 1.82) is 0 Å². The van der Waals surface area contributed by atoms with E-state index >= 15 is 0 Å². The maximum atomic E-state index is 9.14. The Hall–Kier alpha value is -0.330. The Kier molecular flexibility index (Phi) is 2.94. The van der Waals surface area contributed by atoms with Crippen LogP contribution in [-0.2, 0) is 6.61 Å². The molecule has 2 aromatic rings. The van der Waals surface area contributed by atoms with Crippen molar-refractivity contribution >= 4 is 44.0 Å². The summed E-state index contributed by atoms with van der Waals surface area (Å²) in [6.45, 7) is 0.0194. The molecule has 0 spiro atoms. The molecule has 0 amide bonds. The summed E-state index contributed by atoms with van der Waals surface area (Å²) in [5.41, 5.74) is 0.842. The number of aliphatic hydroxyl groups is 1. The zero-order valence-corrected chi connectivity index (χ0v) is 10.6. The van der Waals surface area contributed by atoms with Gasteiger partial charge < -0.3 is 9.84 Å². The van der Waals surface area contributed by atoms with E-state index in [4.69, 9.17) is 9.84 Å². The van der Waals surface area contributed by atoms with Gasteiger partial charge in [0.25, 0.3) is 0 Å². The van der Waals surface area contributed by atoms with E-state index in [0.717, 1.165) is 16.7 Å². The van der Waals surface area contributed by atoms with Gasteiger partial charge in [0.15, 0.2) is 0 Å².